The van der Waals surface area contributed by atoms with Crippen molar-refractivity contribution >= 4 is 29.7 Å². The molecule has 2 atom stereocenters. The van der Waals surface area contributed by atoms with Gasteiger partial charge in [-0.05, 0) is 11.6 Å². The van der Waals surface area contributed by atoms with Crippen LogP contribution in [0.25, 0.3) is 0 Å². The Morgan fingerprint density at radius 2 is 2.40 bits per heavy atom. The molecule has 0 saturated carbocycles. The van der Waals surface area contributed by atoms with Gasteiger partial charge in [-0.2, -0.15) is 0 Å². The molecule has 5 nitrogen and oxygen atoms in total. The Kier molecular flexibility index (Phi) is 5.40. The van der Waals surface area contributed by atoms with Crippen LogP contribution in [-0.4, -0.2) is 43.4 Å². The van der Waals surface area contributed by atoms with E-state index in [9.17, 15) is 9.90 Å². The number of hydrogen-bond acceptors (Lipinski definition) is 5. The van der Waals surface area contributed by atoms with Gasteiger partial charge in [-0.15, -0.1) is 23.7 Å². The third kappa shape index (κ3) is 3.32. The maximum absolute atomic E-state index is 12.1. The summed E-state index contributed by atoms with van der Waals surface area (Å²) in [6.07, 6.45) is 0.545. The highest BCUT2D eigenvalue weighted by atomic mass is 35.5. The Bertz CT molecular complexity index is 457. The second kappa shape index (κ2) is 6.87. The third-order valence-electron chi connectivity index (χ3n) is 3.68. The molecule has 2 aliphatic heterocycles. The van der Waals surface area contributed by atoms with Crippen molar-refractivity contribution in [1.29, 1.82) is 0 Å². The molecule has 3 heterocycles. The van der Waals surface area contributed by atoms with Gasteiger partial charge in [0.15, 0.2) is 0 Å². The molecule has 0 bridgehead atoms. The molecule has 20 heavy (non-hydrogen) atoms. The average Bonchev–Trinajstić information content (AvgIpc) is 3.01. The molecular formula is C13H19ClN2O3S. The van der Waals surface area contributed by atoms with Crippen LogP contribution in [0.15, 0.2) is 6.07 Å². The molecule has 2 unspecified atom stereocenters. The van der Waals surface area contributed by atoms with Gasteiger partial charge in [0, 0.05) is 36.9 Å². The zero-order valence-electron chi connectivity index (χ0n) is 11.1. The number of hydrogen-bond donors (Lipinski definition) is 3. The highest BCUT2D eigenvalue weighted by Gasteiger charge is 2.25. The van der Waals surface area contributed by atoms with Gasteiger partial charge in [0.05, 0.1) is 24.2 Å². The number of nitrogens with one attached hydrogen (secondary N) is 2. The maximum Gasteiger partial charge on any atom is 0.261 e. The summed E-state index contributed by atoms with van der Waals surface area (Å²) in [5, 5.41) is 15.7. The fourth-order valence-electron chi connectivity index (χ4n) is 2.50. The molecule has 0 aliphatic carbocycles. The van der Waals surface area contributed by atoms with Gasteiger partial charge in [-0.25, -0.2) is 0 Å². The van der Waals surface area contributed by atoms with Gasteiger partial charge in [0.1, 0.15) is 0 Å². The Hall–Kier alpha value is -0.660. The number of thiophene rings is 1. The molecule has 3 rings (SSSR count). The quantitative estimate of drug-likeness (QED) is 0.761. The van der Waals surface area contributed by atoms with E-state index in [-0.39, 0.29) is 30.3 Å². The van der Waals surface area contributed by atoms with E-state index >= 15 is 0 Å². The first-order chi connectivity index (χ1) is 9.24. The molecule has 0 radical (unpaired) electrons. The Morgan fingerprint density at radius 1 is 1.55 bits per heavy atom. The molecule has 1 aromatic rings. The minimum Gasteiger partial charge on any atom is -0.391 e. The zero-order chi connectivity index (χ0) is 13.2. The lowest BCUT2D eigenvalue weighted by molar-refractivity contribution is 0.0930. The average molecular weight is 319 g/mol. The number of carbonyl (C=O) groups excluding carboxylic acids is 1. The van der Waals surface area contributed by atoms with Gasteiger partial charge in [0.2, 0.25) is 0 Å². The predicted octanol–water partition coefficient (Wildman–Crippen LogP) is 0.553. The number of amides is 1. The predicted molar refractivity (Wildman–Crippen MR) is 79.6 cm³/mol. The van der Waals surface area contributed by atoms with Crippen LogP contribution >= 0.6 is 23.7 Å². The Labute approximate surface area is 128 Å². The summed E-state index contributed by atoms with van der Waals surface area (Å²) in [6, 6.07) is 1.93. The summed E-state index contributed by atoms with van der Waals surface area (Å²) in [7, 11) is 0. The van der Waals surface area contributed by atoms with E-state index in [1.165, 1.54) is 4.88 Å². The largest absolute Gasteiger partial charge is 0.391 e. The topological polar surface area (TPSA) is 70.6 Å². The van der Waals surface area contributed by atoms with Crippen LogP contribution in [0.3, 0.4) is 0 Å². The monoisotopic (exact) mass is 318 g/mol. The van der Waals surface area contributed by atoms with E-state index in [1.54, 1.807) is 11.3 Å². The van der Waals surface area contributed by atoms with Crippen LogP contribution in [0, 0.1) is 5.92 Å². The summed E-state index contributed by atoms with van der Waals surface area (Å²) in [5.74, 6) is 0.0698. The van der Waals surface area contributed by atoms with Crippen molar-refractivity contribution in [3.05, 3.63) is 21.4 Å². The van der Waals surface area contributed by atoms with E-state index in [4.69, 9.17) is 4.74 Å². The normalized spacial score (nSPS) is 24.9. The molecule has 3 N–H and O–H groups in total. The summed E-state index contributed by atoms with van der Waals surface area (Å²) < 4.78 is 5.38. The molecule has 2 aliphatic rings. The minimum atomic E-state index is -0.356. The van der Waals surface area contributed by atoms with Crippen LogP contribution in [0.1, 0.15) is 20.1 Å². The van der Waals surface area contributed by atoms with Crippen LogP contribution < -0.4 is 10.6 Å². The number of aliphatic hydroxyl groups is 1. The lowest BCUT2D eigenvalue weighted by atomic mass is 10.1. The number of fused-ring (bicyclic) bond motifs is 1. The van der Waals surface area contributed by atoms with E-state index in [0.29, 0.717) is 19.7 Å². The highest BCUT2D eigenvalue weighted by Crippen LogP contribution is 2.26. The molecule has 112 valence electrons. The summed E-state index contributed by atoms with van der Waals surface area (Å²) in [5.41, 5.74) is 1.14. The number of carbonyl (C=O) groups is 1. The lowest BCUT2D eigenvalue weighted by Crippen LogP contribution is -2.34. The Morgan fingerprint density at radius 3 is 3.10 bits per heavy atom. The lowest BCUT2D eigenvalue weighted by Gasteiger charge is -2.13. The smallest absolute Gasteiger partial charge is 0.261 e. The van der Waals surface area contributed by atoms with Crippen molar-refractivity contribution in [3.8, 4) is 0 Å². The van der Waals surface area contributed by atoms with Gasteiger partial charge in [-0.1, -0.05) is 0 Å². The SMILES string of the molecule is Cl.O=C(NCC1CNCC1O)c1cc2c(s1)CCOC2. The van der Waals surface area contributed by atoms with Crippen molar-refractivity contribution in [3.63, 3.8) is 0 Å². The number of rotatable bonds is 3. The zero-order valence-corrected chi connectivity index (χ0v) is 12.7. The minimum absolute atomic E-state index is 0. The van der Waals surface area contributed by atoms with Crippen molar-refractivity contribution < 1.29 is 14.6 Å². The first kappa shape index (κ1) is 15.7. The fourth-order valence-corrected chi connectivity index (χ4v) is 3.56. The first-order valence-corrected chi connectivity index (χ1v) is 7.42. The number of ether oxygens (including phenoxy) is 1. The standard InChI is InChI=1S/C13H18N2O3S.ClH/c16-10-6-14-4-9(10)5-15-13(17)12-3-8-7-18-2-1-11(8)19-12;/h3,9-10,14,16H,1-2,4-7H2,(H,15,17);1H. The van der Waals surface area contributed by atoms with Gasteiger partial charge in [0.25, 0.3) is 5.91 Å². The van der Waals surface area contributed by atoms with Crippen molar-refractivity contribution in [2.45, 2.75) is 19.1 Å². The van der Waals surface area contributed by atoms with Gasteiger partial charge in [-0.3, -0.25) is 4.79 Å². The van der Waals surface area contributed by atoms with Gasteiger partial charge >= 0.3 is 0 Å². The van der Waals surface area contributed by atoms with Crippen LogP contribution in [0.2, 0.25) is 0 Å². The summed E-state index contributed by atoms with van der Waals surface area (Å²) in [4.78, 5) is 14.1. The third-order valence-corrected chi connectivity index (χ3v) is 4.92. The molecule has 0 spiro atoms. The van der Waals surface area contributed by atoms with Crippen molar-refractivity contribution in [2.24, 2.45) is 5.92 Å². The molecule has 1 aromatic heterocycles. The van der Waals surface area contributed by atoms with E-state index in [1.807, 2.05) is 6.07 Å². The second-order valence-electron chi connectivity index (χ2n) is 5.06. The van der Waals surface area contributed by atoms with Crippen LogP contribution in [-0.2, 0) is 17.8 Å². The molecule has 0 aromatic carbocycles. The maximum atomic E-state index is 12.1. The molecular weight excluding hydrogens is 300 g/mol. The van der Waals surface area contributed by atoms with E-state index < -0.39 is 0 Å². The second-order valence-corrected chi connectivity index (χ2v) is 6.19. The number of aliphatic hydroxyl groups excluding tert-OH is 1. The van der Waals surface area contributed by atoms with E-state index in [0.717, 1.165) is 30.0 Å². The summed E-state index contributed by atoms with van der Waals surface area (Å²) in [6.45, 7) is 3.26. The van der Waals surface area contributed by atoms with Crippen LogP contribution in [0.5, 0.6) is 0 Å². The first-order valence-electron chi connectivity index (χ1n) is 6.60. The summed E-state index contributed by atoms with van der Waals surface area (Å²) >= 11 is 1.56. The molecule has 1 amide bonds. The van der Waals surface area contributed by atoms with Crippen molar-refractivity contribution in [2.75, 3.05) is 26.2 Å². The van der Waals surface area contributed by atoms with Crippen LogP contribution in [0.4, 0.5) is 0 Å². The fraction of sp³-hybridized carbons (Fsp3) is 0.615. The molecule has 7 heteroatoms. The van der Waals surface area contributed by atoms with E-state index in [2.05, 4.69) is 10.6 Å². The Balaban J connectivity index is 0.00000147. The van der Waals surface area contributed by atoms with Gasteiger partial charge < -0.3 is 20.5 Å². The number of β-amino-alcohol motifs (C(OH)–C–C–N with tert-alkyl or cyclic N) is 1. The van der Waals surface area contributed by atoms with Crippen molar-refractivity contribution in [1.82, 2.24) is 10.6 Å². The molecule has 1 saturated heterocycles. The highest BCUT2D eigenvalue weighted by molar-refractivity contribution is 7.14. The molecule has 1 fully saturated rings. The number of halogens is 1.